The Bertz CT molecular complexity index is 1370. The van der Waals surface area contributed by atoms with E-state index in [4.69, 9.17) is 24.3 Å². The second-order valence-corrected chi connectivity index (χ2v) is 11.8. The number of benzene rings is 1. The molecule has 0 unspecified atom stereocenters. The molecule has 2 aromatic heterocycles. The van der Waals surface area contributed by atoms with Gasteiger partial charge in [0.2, 0.25) is 0 Å². The number of anilines is 1. The molecule has 1 aliphatic carbocycles. The van der Waals surface area contributed by atoms with Gasteiger partial charge in [0.05, 0.1) is 18.9 Å². The predicted octanol–water partition coefficient (Wildman–Crippen LogP) is 2.00. The zero-order chi connectivity index (χ0) is 27.8. The number of hydrogen-bond acceptors (Lipinski definition) is 11. The molecular weight excluding hydrogens is 529 g/mol. The monoisotopic (exact) mass is 561 g/mol. The van der Waals surface area contributed by atoms with Gasteiger partial charge in [0.15, 0.2) is 5.82 Å². The molecule has 1 aliphatic heterocycles. The number of carbonyl (C=O) groups is 1. The summed E-state index contributed by atoms with van der Waals surface area (Å²) < 4.78 is 38.1. The largest absolute Gasteiger partial charge is 0.464 e. The number of fused-ring (bicyclic) bond motifs is 1. The minimum Gasteiger partial charge on any atom is -0.464 e. The van der Waals surface area contributed by atoms with Gasteiger partial charge in [-0.2, -0.15) is 10.2 Å². The Kier molecular flexibility index (Phi) is 7.64. The fourth-order valence-corrected chi connectivity index (χ4v) is 5.91. The van der Waals surface area contributed by atoms with E-state index < -0.39 is 50.3 Å². The molecule has 6 atom stereocenters. The number of nitrogens with two attached hydrogens (primary N) is 1. The average molecular weight is 562 g/mol. The third kappa shape index (κ3) is 5.93. The standard InChI is InChI=1S/C25H32N5O8P/c1-15(24(33)35-12-16-8-9-16)29-39(34,38-17-6-4-3-5-7-17)36-13-25(2)22(32)20(31)21(37-25)18-10-11-19-23(26)27-14-28-30(18)19/h3-7,10-11,14-16,20-22,31-32H,8-9,12-13H2,1-2H3,(H,29,34)(H2,26,27,28)/t15-,20-,21-,22-,25+,39+/m0/s1. The first-order valence-electron chi connectivity index (χ1n) is 12.6. The van der Waals surface area contributed by atoms with Gasteiger partial charge in [0.25, 0.3) is 0 Å². The summed E-state index contributed by atoms with van der Waals surface area (Å²) in [6.45, 7) is 2.86. The molecule has 2 aliphatic rings. The number of aliphatic hydroxyl groups excluding tert-OH is 2. The molecule has 1 aromatic carbocycles. The molecule has 13 nitrogen and oxygen atoms in total. The van der Waals surface area contributed by atoms with Gasteiger partial charge in [-0.05, 0) is 56.9 Å². The molecule has 39 heavy (non-hydrogen) atoms. The van der Waals surface area contributed by atoms with Crippen molar-refractivity contribution in [2.24, 2.45) is 5.92 Å². The van der Waals surface area contributed by atoms with Crippen LogP contribution >= 0.6 is 7.75 Å². The highest BCUT2D eigenvalue weighted by Gasteiger charge is 2.54. The van der Waals surface area contributed by atoms with E-state index in [1.807, 2.05) is 0 Å². The topological polar surface area (TPSA) is 180 Å². The van der Waals surface area contributed by atoms with E-state index >= 15 is 0 Å². The smallest absolute Gasteiger partial charge is 0.459 e. The van der Waals surface area contributed by atoms with Gasteiger partial charge < -0.3 is 29.9 Å². The number of nitrogens with zero attached hydrogens (tertiary/aromatic N) is 3. The Morgan fingerprint density at radius 1 is 1.28 bits per heavy atom. The second kappa shape index (κ2) is 10.8. The molecule has 0 spiro atoms. The minimum atomic E-state index is -4.22. The minimum absolute atomic E-state index is 0.236. The van der Waals surface area contributed by atoms with Gasteiger partial charge in [-0.25, -0.2) is 14.1 Å². The van der Waals surface area contributed by atoms with Gasteiger partial charge in [0.1, 0.15) is 47.5 Å². The quantitative estimate of drug-likeness (QED) is 0.198. The van der Waals surface area contributed by atoms with Crippen LogP contribution in [0.25, 0.3) is 5.52 Å². The van der Waals surface area contributed by atoms with Gasteiger partial charge in [0, 0.05) is 0 Å². The van der Waals surface area contributed by atoms with Crippen molar-refractivity contribution in [3.8, 4) is 5.75 Å². The summed E-state index contributed by atoms with van der Waals surface area (Å²) in [7, 11) is -4.22. The summed E-state index contributed by atoms with van der Waals surface area (Å²) in [6, 6.07) is 10.6. The van der Waals surface area contributed by atoms with E-state index in [2.05, 4.69) is 15.2 Å². The van der Waals surface area contributed by atoms with Crippen LogP contribution in [0.15, 0.2) is 48.8 Å². The summed E-state index contributed by atoms with van der Waals surface area (Å²) in [5.41, 5.74) is 5.34. The van der Waals surface area contributed by atoms with Crippen LogP contribution < -0.4 is 15.3 Å². The van der Waals surface area contributed by atoms with Crippen molar-refractivity contribution in [1.82, 2.24) is 19.7 Å². The summed E-state index contributed by atoms with van der Waals surface area (Å²) in [4.78, 5) is 16.4. The van der Waals surface area contributed by atoms with E-state index in [0.717, 1.165) is 12.8 Å². The van der Waals surface area contributed by atoms with Crippen LogP contribution in [0, 0.1) is 5.92 Å². The van der Waals surface area contributed by atoms with Crippen LogP contribution in [-0.2, 0) is 23.4 Å². The number of aliphatic hydroxyl groups is 2. The van der Waals surface area contributed by atoms with Crippen LogP contribution in [0.5, 0.6) is 5.75 Å². The summed E-state index contributed by atoms with van der Waals surface area (Å²) in [5, 5.41) is 28.6. The molecule has 2 fully saturated rings. The molecule has 5 N–H and O–H groups in total. The molecule has 3 aromatic rings. The van der Waals surface area contributed by atoms with Crippen molar-refractivity contribution in [2.75, 3.05) is 18.9 Å². The number of aromatic nitrogens is 3. The number of rotatable bonds is 11. The normalized spacial score (nSPS) is 27.2. The first-order chi connectivity index (χ1) is 18.6. The Labute approximate surface area is 224 Å². The maximum absolute atomic E-state index is 13.9. The third-order valence-corrected chi connectivity index (χ3v) is 8.44. The number of carbonyl (C=O) groups excluding carboxylic acids is 1. The SMILES string of the molecule is C[C@H](N[P@@](=O)(OC[C@@]1(C)O[C@@H](c2ccc3c(N)ncnn23)[C@H](O)[C@@H]1O)Oc1ccccc1)C(=O)OCC1CC1. The zero-order valence-corrected chi connectivity index (χ0v) is 22.4. The zero-order valence-electron chi connectivity index (χ0n) is 21.5. The van der Waals surface area contributed by atoms with Crippen LogP contribution in [0.1, 0.15) is 38.5 Å². The van der Waals surface area contributed by atoms with E-state index in [9.17, 15) is 19.6 Å². The Morgan fingerprint density at radius 2 is 2.03 bits per heavy atom. The Morgan fingerprint density at radius 3 is 2.74 bits per heavy atom. The fourth-order valence-electron chi connectivity index (χ4n) is 4.32. The number of nitrogens with one attached hydrogen (secondary N) is 1. The highest BCUT2D eigenvalue weighted by molar-refractivity contribution is 7.52. The molecule has 0 bridgehead atoms. The number of hydrogen-bond donors (Lipinski definition) is 4. The van der Waals surface area contributed by atoms with Crippen molar-refractivity contribution < 1.29 is 38.1 Å². The highest BCUT2D eigenvalue weighted by atomic mass is 31.2. The molecule has 1 saturated heterocycles. The average Bonchev–Trinajstić information content (AvgIpc) is 3.60. The third-order valence-electron chi connectivity index (χ3n) is 6.81. The van der Waals surface area contributed by atoms with Crippen molar-refractivity contribution >= 4 is 25.1 Å². The lowest BCUT2D eigenvalue weighted by atomic mass is 9.97. The summed E-state index contributed by atoms with van der Waals surface area (Å²) in [5.74, 6) is 0.248. The summed E-state index contributed by atoms with van der Waals surface area (Å²) in [6.07, 6.45) is -0.512. The van der Waals surface area contributed by atoms with Crippen LogP contribution in [0.3, 0.4) is 0 Å². The van der Waals surface area contributed by atoms with E-state index in [1.165, 1.54) is 24.7 Å². The first-order valence-corrected chi connectivity index (χ1v) is 14.2. The molecular formula is C25H32N5O8P. The van der Waals surface area contributed by atoms with Crippen molar-refractivity contribution in [3.63, 3.8) is 0 Å². The molecule has 0 amide bonds. The van der Waals surface area contributed by atoms with E-state index in [0.29, 0.717) is 23.7 Å². The maximum atomic E-state index is 13.9. The van der Waals surface area contributed by atoms with Gasteiger partial charge in [-0.3, -0.25) is 9.32 Å². The number of ether oxygens (including phenoxy) is 2. The van der Waals surface area contributed by atoms with Gasteiger partial charge >= 0.3 is 13.7 Å². The lowest BCUT2D eigenvalue weighted by Crippen LogP contribution is -2.45. The number of nitrogen functional groups attached to an aromatic ring is 1. The van der Waals surface area contributed by atoms with Crippen molar-refractivity contribution in [2.45, 2.75) is 56.6 Å². The van der Waals surface area contributed by atoms with Crippen LogP contribution in [0.4, 0.5) is 5.82 Å². The molecule has 14 heteroatoms. The molecule has 5 rings (SSSR count). The maximum Gasteiger partial charge on any atom is 0.459 e. The Hall–Kier alpha value is -3.06. The highest BCUT2D eigenvalue weighted by Crippen LogP contribution is 2.48. The summed E-state index contributed by atoms with van der Waals surface area (Å²) >= 11 is 0. The number of para-hydroxylation sites is 1. The number of esters is 1. The molecule has 3 heterocycles. The lowest BCUT2D eigenvalue weighted by Gasteiger charge is -2.30. The van der Waals surface area contributed by atoms with Crippen molar-refractivity contribution in [3.05, 3.63) is 54.5 Å². The van der Waals surface area contributed by atoms with Gasteiger partial charge in [-0.1, -0.05) is 18.2 Å². The Balaban J connectivity index is 1.32. The van der Waals surface area contributed by atoms with Crippen LogP contribution in [0.2, 0.25) is 0 Å². The van der Waals surface area contributed by atoms with E-state index in [-0.39, 0.29) is 11.6 Å². The fraction of sp³-hybridized carbons (Fsp3) is 0.480. The van der Waals surface area contributed by atoms with Crippen LogP contribution in [-0.4, -0.2) is 67.8 Å². The molecule has 1 saturated carbocycles. The predicted molar refractivity (Wildman–Crippen MR) is 139 cm³/mol. The lowest BCUT2D eigenvalue weighted by molar-refractivity contribution is -0.145. The molecule has 210 valence electrons. The first kappa shape index (κ1) is 27.5. The second-order valence-electron chi connectivity index (χ2n) is 10.1. The van der Waals surface area contributed by atoms with E-state index in [1.54, 1.807) is 42.5 Å². The molecule has 0 radical (unpaired) electrons. The van der Waals surface area contributed by atoms with Crippen molar-refractivity contribution in [1.29, 1.82) is 0 Å². The van der Waals surface area contributed by atoms with Gasteiger partial charge in [-0.15, -0.1) is 0 Å².